The van der Waals surface area contributed by atoms with Crippen molar-refractivity contribution in [2.24, 2.45) is 0 Å². The normalized spacial score (nSPS) is 10.5. The summed E-state index contributed by atoms with van der Waals surface area (Å²) < 4.78 is 17.0. The van der Waals surface area contributed by atoms with E-state index in [1.54, 1.807) is 6.20 Å². The Bertz CT molecular complexity index is 994. The fourth-order valence-corrected chi connectivity index (χ4v) is 3.07. The number of rotatable bonds is 13. The van der Waals surface area contributed by atoms with Crippen molar-refractivity contribution in [3.8, 4) is 17.4 Å². The van der Waals surface area contributed by atoms with Crippen molar-refractivity contribution in [2.75, 3.05) is 31.7 Å². The summed E-state index contributed by atoms with van der Waals surface area (Å²) in [6, 6.07) is 19.0. The average molecular weight is 450 g/mol. The van der Waals surface area contributed by atoms with Gasteiger partial charge in [0.1, 0.15) is 0 Å². The first-order chi connectivity index (χ1) is 16.1. The second-order valence-electron chi connectivity index (χ2n) is 7.46. The van der Waals surface area contributed by atoms with Crippen molar-refractivity contribution in [1.82, 2.24) is 10.3 Å². The van der Waals surface area contributed by atoms with E-state index in [1.807, 2.05) is 74.5 Å². The molecule has 2 aromatic carbocycles. The molecule has 0 spiro atoms. The zero-order valence-electron chi connectivity index (χ0n) is 19.2. The second kappa shape index (κ2) is 13.1. The third kappa shape index (κ3) is 8.46. The number of nitrogens with one attached hydrogen (secondary N) is 2. The van der Waals surface area contributed by atoms with E-state index in [4.69, 9.17) is 14.2 Å². The Balaban J connectivity index is 1.42. The van der Waals surface area contributed by atoms with Crippen LogP contribution < -0.4 is 24.8 Å². The van der Waals surface area contributed by atoms with E-state index < -0.39 is 0 Å². The van der Waals surface area contributed by atoms with Gasteiger partial charge in [0.15, 0.2) is 18.1 Å². The fourth-order valence-electron chi connectivity index (χ4n) is 3.07. The van der Waals surface area contributed by atoms with Crippen LogP contribution in [0, 0.1) is 6.92 Å². The maximum atomic E-state index is 12.2. The number of anilines is 1. The molecule has 0 bridgehead atoms. The minimum atomic E-state index is -0.222. The van der Waals surface area contributed by atoms with Crippen LogP contribution in [0.1, 0.15) is 24.5 Å². The van der Waals surface area contributed by atoms with Crippen molar-refractivity contribution in [1.29, 1.82) is 0 Å². The minimum absolute atomic E-state index is 0.0954. The van der Waals surface area contributed by atoms with Crippen LogP contribution in [0.2, 0.25) is 0 Å². The lowest BCUT2D eigenvalue weighted by molar-refractivity contribution is -0.118. The maximum Gasteiger partial charge on any atom is 0.262 e. The molecule has 2 N–H and O–H groups in total. The maximum absolute atomic E-state index is 12.2. The summed E-state index contributed by atoms with van der Waals surface area (Å²) in [7, 11) is 0. The number of pyridine rings is 1. The molecule has 0 saturated carbocycles. The molecule has 1 aromatic heterocycles. The lowest BCUT2D eigenvalue weighted by Gasteiger charge is -2.14. The van der Waals surface area contributed by atoms with Crippen molar-refractivity contribution in [2.45, 2.75) is 26.8 Å². The summed E-state index contributed by atoms with van der Waals surface area (Å²) in [5.74, 6) is 1.59. The number of aromatic nitrogens is 1. The van der Waals surface area contributed by atoms with Gasteiger partial charge in [0.05, 0.1) is 13.2 Å². The predicted molar refractivity (Wildman–Crippen MR) is 129 cm³/mol. The zero-order valence-corrected chi connectivity index (χ0v) is 19.2. The molecule has 0 saturated heterocycles. The first kappa shape index (κ1) is 24.1. The minimum Gasteiger partial charge on any atom is -0.490 e. The second-order valence-corrected chi connectivity index (χ2v) is 7.46. The molecule has 1 amide bonds. The summed E-state index contributed by atoms with van der Waals surface area (Å²) >= 11 is 0. The number of nitrogens with zero attached hydrogens (tertiary/aromatic N) is 1. The van der Waals surface area contributed by atoms with Gasteiger partial charge in [0, 0.05) is 24.5 Å². The molecule has 174 valence electrons. The predicted octanol–water partition coefficient (Wildman–Crippen LogP) is 4.36. The number of aryl methyl sites for hydroxylation is 1. The van der Waals surface area contributed by atoms with Gasteiger partial charge < -0.3 is 24.8 Å². The largest absolute Gasteiger partial charge is 0.490 e. The van der Waals surface area contributed by atoms with E-state index in [0.29, 0.717) is 37.1 Å². The van der Waals surface area contributed by atoms with Crippen LogP contribution in [-0.4, -0.2) is 37.3 Å². The van der Waals surface area contributed by atoms with E-state index in [2.05, 4.69) is 15.6 Å². The summed E-state index contributed by atoms with van der Waals surface area (Å²) in [6.45, 7) is 6.44. The first-order valence-corrected chi connectivity index (χ1v) is 11.1. The van der Waals surface area contributed by atoms with E-state index in [1.165, 1.54) is 0 Å². The number of hydrogen-bond donors (Lipinski definition) is 2. The molecular weight excluding hydrogens is 418 g/mol. The zero-order chi connectivity index (χ0) is 23.3. The lowest BCUT2D eigenvalue weighted by Crippen LogP contribution is -2.20. The van der Waals surface area contributed by atoms with Gasteiger partial charge in [0.2, 0.25) is 5.88 Å². The van der Waals surface area contributed by atoms with Gasteiger partial charge in [-0.05, 0) is 62.7 Å². The summed E-state index contributed by atoms with van der Waals surface area (Å²) in [5, 5.41) is 6.23. The molecule has 0 aliphatic heterocycles. The Hall–Kier alpha value is -3.58. The molecule has 0 atom stereocenters. The quantitative estimate of drug-likeness (QED) is 0.377. The van der Waals surface area contributed by atoms with Gasteiger partial charge in [0.25, 0.3) is 5.91 Å². The molecule has 0 fully saturated rings. The van der Waals surface area contributed by atoms with E-state index in [-0.39, 0.29) is 12.5 Å². The Morgan fingerprint density at radius 1 is 0.970 bits per heavy atom. The highest BCUT2D eigenvalue weighted by atomic mass is 16.5. The van der Waals surface area contributed by atoms with Gasteiger partial charge in [-0.3, -0.25) is 4.79 Å². The highest BCUT2D eigenvalue weighted by Gasteiger charge is 2.10. The van der Waals surface area contributed by atoms with Crippen LogP contribution in [0.15, 0.2) is 66.9 Å². The van der Waals surface area contributed by atoms with Crippen LogP contribution in [0.3, 0.4) is 0 Å². The summed E-state index contributed by atoms with van der Waals surface area (Å²) in [4.78, 5) is 16.4. The van der Waals surface area contributed by atoms with Crippen LogP contribution in [0.5, 0.6) is 17.4 Å². The molecule has 0 radical (unpaired) electrons. The Morgan fingerprint density at radius 2 is 1.82 bits per heavy atom. The number of carbonyl (C=O) groups excluding carboxylic acids is 1. The molecule has 0 aliphatic rings. The standard InChI is InChI=1S/C26H31N3O4/c1-3-31-24-17-21(18-27-14-6-16-32-26-7-4-5-15-28-26)10-13-23(24)33-19-25(30)29-22-11-8-20(2)9-12-22/h4-5,7-13,15,17,27H,3,6,14,16,18-19H2,1-2H3,(H,29,30). The Labute approximate surface area is 195 Å². The van der Waals surface area contributed by atoms with E-state index in [0.717, 1.165) is 29.8 Å². The number of ether oxygens (including phenoxy) is 3. The van der Waals surface area contributed by atoms with E-state index in [9.17, 15) is 4.79 Å². The molecule has 3 rings (SSSR count). The third-order valence-corrected chi connectivity index (χ3v) is 4.72. The molecule has 1 heterocycles. The highest BCUT2D eigenvalue weighted by molar-refractivity contribution is 5.91. The Morgan fingerprint density at radius 3 is 2.58 bits per heavy atom. The number of hydrogen-bond acceptors (Lipinski definition) is 6. The monoisotopic (exact) mass is 449 g/mol. The fraction of sp³-hybridized carbons (Fsp3) is 0.308. The average Bonchev–Trinajstić information content (AvgIpc) is 2.83. The van der Waals surface area contributed by atoms with Gasteiger partial charge in [-0.2, -0.15) is 0 Å². The topological polar surface area (TPSA) is 81.7 Å². The number of carbonyl (C=O) groups is 1. The van der Waals surface area contributed by atoms with Gasteiger partial charge >= 0.3 is 0 Å². The SMILES string of the molecule is CCOc1cc(CNCCCOc2ccccn2)ccc1OCC(=O)Nc1ccc(C)cc1. The van der Waals surface area contributed by atoms with Crippen LogP contribution in [-0.2, 0) is 11.3 Å². The molecule has 33 heavy (non-hydrogen) atoms. The van der Waals surface area contributed by atoms with Crippen molar-refractivity contribution >= 4 is 11.6 Å². The molecule has 0 aliphatic carbocycles. The number of amides is 1. The molecule has 7 nitrogen and oxygen atoms in total. The lowest BCUT2D eigenvalue weighted by atomic mass is 10.2. The molecule has 7 heteroatoms. The van der Waals surface area contributed by atoms with Crippen LogP contribution in [0.25, 0.3) is 0 Å². The van der Waals surface area contributed by atoms with Crippen molar-refractivity contribution in [3.63, 3.8) is 0 Å². The summed E-state index contributed by atoms with van der Waals surface area (Å²) in [6.07, 6.45) is 2.58. The summed E-state index contributed by atoms with van der Waals surface area (Å²) in [5.41, 5.74) is 2.95. The third-order valence-electron chi connectivity index (χ3n) is 4.72. The Kier molecular flexibility index (Phi) is 9.54. The molecule has 3 aromatic rings. The number of benzene rings is 2. The highest BCUT2D eigenvalue weighted by Crippen LogP contribution is 2.28. The van der Waals surface area contributed by atoms with Gasteiger partial charge in [-0.15, -0.1) is 0 Å². The molecule has 0 unspecified atom stereocenters. The molecular formula is C26H31N3O4. The van der Waals surface area contributed by atoms with Gasteiger partial charge in [-0.25, -0.2) is 4.98 Å². The van der Waals surface area contributed by atoms with Crippen molar-refractivity contribution in [3.05, 3.63) is 78.0 Å². The van der Waals surface area contributed by atoms with E-state index >= 15 is 0 Å². The first-order valence-electron chi connectivity index (χ1n) is 11.1. The smallest absolute Gasteiger partial charge is 0.262 e. The van der Waals surface area contributed by atoms with Crippen LogP contribution >= 0.6 is 0 Å². The van der Waals surface area contributed by atoms with Gasteiger partial charge in [-0.1, -0.05) is 29.8 Å². The van der Waals surface area contributed by atoms with Crippen LogP contribution in [0.4, 0.5) is 5.69 Å². The van der Waals surface area contributed by atoms with Crippen molar-refractivity contribution < 1.29 is 19.0 Å².